The summed E-state index contributed by atoms with van der Waals surface area (Å²) < 4.78 is 5.56. The number of hydrogen-bond acceptors (Lipinski definition) is 4. The first kappa shape index (κ1) is 14.8. The van der Waals surface area contributed by atoms with Gasteiger partial charge in [0.1, 0.15) is 5.75 Å². The zero-order valence-electron chi connectivity index (χ0n) is 11.8. The summed E-state index contributed by atoms with van der Waals surface area (Å²) >= 11 is 0. The Morgan fingerprint density at radius 3 is 2.95 bits per heavy atom. The van der Waals surface area contributed by atoms with Crippen LogP contribution < -0.4 is 10.5 Å². The minimum atomic E-state index is -0.369. The standard InChI is InChI=1S/C15H22N2O3/c1-11(18)13-6-7-17(9-13)15(19)10-20-14-5-3-2-4-12(14)8-16/h2-5,11,13,18H,6-10,16H2,1H3. The minimum Gasteiger partial charge on any atom is -0.483 e. The van der Waals surface area contributed by atoms with Crippen molar-refractivity contribution < 1.29 is 14.6 Å². The first-order valence-electron chi connectivity index (χ1n) is 6.98. The summed E-state index contributed by atoms with van der Waals surface area (Å²) in [5.74, 6) is 0.796. The number of hydrogen-bond donors (Lipinski definition) is 2. The Morgan fingerprint density at radius 1 is 1.55 bits per heavy atom. The normalized spacial score (nSPS) is 19.9. The summed E-state index contributed by atoms with van der Waals surface area (Å²) in [5.41, 5.74) is 6.52. The first-order chi connectivity index (χ1) is 9.61. The third kappa shape index (κ3) is 3.49. The number of amides is 1. The van der Waals surface area contributed by atoms with E-state index in [1.54, 1.807) is 11.8 Å². The van der Waals surface area contributed by atoms with Gasteiger partial charge >= 0.3 is 0 Å². The van der Waals surface area contributed by atoms with Gasteiger partial charge < -0.3 is 20.5 Å². The molecule has 5 nitrogen and oxygen atoms in total. The molecular formula is C15H22N2O3. The van der Waals surface area contributed by atoms with Gasteiger partial charge in [-0.2, -0.15) is 0 Å². The fraction of sp³-hybridized carbons (Fsp3) is 0.533. The Morgan fingerprint density at radius 2 is 2.30 bits per heavy atom. The molecule has 1 fully saturated rings. The van der Waals surface area contributed by atoms with Crippen molar-refractivity contribution in [2.24, 2.45) is 11.7 Å². The zero-order chi connectivity index (χ0) is 14.5. The van der Waals surface area contributed by atoms with E-state index in [0.717, 1.165) is 12.0 Å². The van der Waals surface area contributed by atoms with E-state index in [4.69, 9.17) is 10.5 Å². The first-order valence-corrected chi connectivity index (χ1v) is 6.98. The van der Waals surface area contributed by atoms with E-state index < -0.39 is 0 Å². The van der Waals surface area contributed by atoms with Gasteiger partial charge in [-0.05, 0) is 19.4 Å². The number of rotatable bonds is 5. The fourth-order valence-corrected chi connectivity index (χ4v) is 2.45. The van der Waals surface area contributed by atoms with Crippen LogP contribution in [0.4, 0.5) is 0 Å². The Bertz CT molecular complexity index is 462. The molecule has 0 bridgehead atoms. The molecule has 0 aliphatic carbocycles. The predicted octanol–water partition coefficient (Wildman–Crippen LogP) is 0.753. The van der Waals surface area contributed by atoms with E-state index >= 15 is 0 Å². The van der Waals surface area contributed by atoms with Crippen molar-refractivity contribution in [3.63, 3.8) is 0 Å². The van der Waals surface area contributed by atoms with Crippen molar-refractivity contribution in [3.8, 4) is 5.75 Å². The molecule has 1 heterocycles. The van der Waals surface area contributed by atoms with E-state index in [1.807, 2.05) is 24.3 Å². The molecule has 0 spiro atoms. The Balaban J connectivity index is 1.87. The van der Waals surface area contributed by atoms with Gasteiger partial charge in [-0.25, -0.2) is 0 Å². The van der Waals surface area contributed by atoms with Crippen LogP contribution in [0.25, 0.3) is 0 Å². The summed E-state index contributed by atoms with van der Waals surface area (Å²) in [5, 5.41) is 9.54. The van der Waals surface area contributed by atoms with Crippen molar-refractivity contribution in [1.82, 2.24) is 4.90 Å². The molecule has 1 aromatic carbocycles. The second-order valence-electron chi connectivity index (χ2n) is 5.23. The quantitative estimate of drug-likeness (QED) is 0.833. The van der Waals surface area contributed by atoms with Crippen LogP contribution in [0.5, 0.6) is 5.75 Å². The Labute approximate surface area is 119 Å². The maximum Gasteiger partial charge on any atom is 0.260 e. The van der Waals surface area contributed by atoms with Gasteiger partial charge in [0.05, 0.1) is 6.10 Å². The van der Waals surface area contributed by atoms with E-state index in [1.165, 1.54) is 0 Å². The molecule has 5 heteroatoms. The molecular weight excluding hydrogens is 256 g/mol. The van der Waals surface area contributed by atoms with Crippen molar-refractivity contribution in [1.29, 1.82) is 0 Å². The molecule has 1 aliphatic heterocycles. The molecule has 0 radical (unpaired) electrons. The molecule has 1 saturated heterocycles. The van der Waals surface area contributed by atoms with Gasteiger partial charge in [0.2, 0.25) is 0 Å². The van der Waals surface area contributed by atoms with Gasteiger partial charge in [0.15, 0.2) is 6.61 Å². The second-order valence-corrected chi connectivity index (χ2v) is 5.23. The van der Waals surface area contributed by atoms with E-state index in [-0.39, 0.29) is 24.5 Å². The maximum absolute atomic E-state index is 12.1. The highest BCUT2D eigenvalue weighted by Crippen LogP contribution is 2.21. The topological polar surface area (TPSA) is 75.8 Å². The fourth-order valence-electron chi connectivity index (χ4n) is 2.45. The van der Waals surface area contributed by atoms with Crippen LogP contribution in [0.1, 0.15) is 18.9 Å². The van der Waals surface area contributed by atoms with Gasteiger partial charge in [-0.1, -0.05) is 18.2 Å². The summed E-state index contributed by atoms with van der Waals surface area (Å²) in [6.07, 6.45) is 0.481. The average Bonchev–Trinajstić information content (AvgIpc) is 2.95. The van der Waals surface area contributed by atoms with Gasteiger partial charge in [0, 0.05) is 31.1 Å². The molecule has 2 rings (SSSR count). The summed E-state index contributed by atoms with van der Waals surface area (Å²) in [7, 11) is 0. The van der Waals surface area contributed by atoms with E-state index in [0.29, 0.717) is 25.4 Å². The number of aliphatic hydroxyl groups is 1. The highest BCUT2D eigenvalue weighted by molar-refractivity contribution is 5.78. The van der Waals surface area contributed by atoms with Crippen molar-refractivity contribution in [2.45, 2.75) is 26.0 Å². The molecule has 1 amide bonds. The van der Waals surface area contributed by atoms with Gasteiger partial charge in [0.25, 0.3) is 5.91 Å². The maximum atomic E-state index is 12.1. The van der Waals surface area contributed by atoms with Crippen LogP contribution >= 0.6 is 0 Å². The molecule has 0 saturated carbocycles. The predicted molar refractivity (Wildman–Crippen MR) is 76.2 cm³/mol. The summed E-state index contributed by atoms with van der Waals surface area (Å²) in [6.45, 7) is 3.48. The average molecular weight is 278 g/mol. The van der Waals surface area contributed by atoms with Crippen LogP contribution in [0.15, 0.2) is 24.3 Å². The second kappa shape index (κ2) is 6.72. The van der Waals surface area contributed by atoms with Gasteiger partial charge in [-0.15, -0.1) is 0 Å². The Kier molecular flexibility index (Phi) is 4.98. The van der Waals surface area contributed by atoms with E-state index in [9.17, 15) is 9.90 Å². The van der Waals surface area contributed by atoms with Gasteiger partial charge in [-0.3, -0.25) is 4.79 Å². The molecule has 3 N–H and O–H groups in total. The molecule has 110 valence electrons. The van der Waals surface area contributed by atoms with Crippen molar-refractivity contribution >= 4 is 5.91 Å². The molecule has 2 atom stereocenters. The number of nitrogens with zero attached hydrogens (tertiary/aromatic N) is 1. The molecule has 20 heavy (non-hydrogen) atoms. The van der Waals surface area contributed by atoms with Crippen LogP contribution in [0, 0.1) is 5.92 Å². The summed E-state index contributed by atoms with van der Waals surface area (Å²) in [6, 6.07) is 7.46. The number of para-hydroxylation sites is 1. The van der Waals surface area contributed by atoms with E-state index in [2.05, 4.69) is 0 Å². The smallest absolute Gasteiger partial charge is 0.260 e. The molecule has 1 aromatic rings. The number of aliphatic hydroxyl groups excluding tert-OH is 1. The number of carbonyl (C=O) groups is 1. The lowest BCUT2D eigenvalue weighted by atomic mass is 10.0. The third-order valence-corrected chi connectivity index (χ3v) is 3.80. The highest BCUT2D eigenvalue weighted by Gasteiger charge is 2.29. The highest BCUT2D eigenvalue weighted by atomic mass is 16.5. The largest absolute Gasteiger partial charge is 0.483 e. The SMILES string of the molecule is CC(O)C1CCN(C(=O)COc2ccccc2CN)C1. The van der Waals surface area contributed by atoms with Crippen LogP contribution in [0.3, 0.4) is 0 Å². The number of nitrogens with two attached hydrogens (primary N) is 1. The monoisotopic (exact) mass is 278 g/mol. The lowest BCUT2D eigenvalue weighted by molar-refractivity contribution is -0.132. The lowest BCUT2D eigenvalue weighted by Crippen LogP contribution is -2.34. The number of ether oxygens (including phenoxy) is 1. The lowest BCUT2D eigenvalue weighted by Gasteiger charge is -2.18. The molecule has 0 aromatic heterocycles. The number of carbonyl (C=O) groups excluding carboxylic acids is 1. The Hall–Kier alpha value is -1.59. The molecule has 1 aliphatic rings. The van der Waals surface area contributed by atoms with Crippen LogP contribution in [-0.4, -0.2) is 41.7 Å². The summed E-state index contributed by atoms with van der Waals surface area (Å²) in [4.78, 5) is 13.8. The molecule has 2 unspecified atom stereocenters. The van der Waals surface area contributed by atoms with Crippen molar-refractivity contribution in [3.05, 3.63) is 29.8 Å². The minimum absolute atomic E-state index is 0.0174. The number of benzene rings is 1. The zero-order valence-corrected chi connectivity index (χ0v) is 11.8. The van der Waals surface area contributed by atoms with Crippen molar-refractivity contribution in [2.75, 3.05) is 19.7 Å². The third-order valence-electron chi connectivity index (χ3n) is 3.80. The number of likely N-dealkylation sites (tertiary alicyclic amines) is 1. The van der Waals surface area contributed by atoms with Crippen LogP contribution in [0.2, 0.25) is 0 Å². The van der Waals surface area contributed by atoms with Crippen LogP contribution in [-0.2, 0) is 11.3 Å².